The number of benzene rings is 1. The van der Waals surface area contributed by atoms with Gasteiger partial charge in [0.15, 0.2) is 0 Å². The Morgan fingerprint density at radius 3 is 2.57 bits per heavy atom. The quantitative estimate of drug-likeness (QED) is 0.647. The van der Waals surface area contributed by atoms with Gasteiger partial charge in [0, 0.05) is 36.3 Å². The number of rotatable bonds is 5. The molecule has 1 atom stereocenters. The van der Waals surface area contributed by atoms with Gasteiger partial charge in [-0.05, 0) is 30.7 Å². The molecule has 7 heteroatoms. The van der Waals surface area contributed by atoms with Gasteiger partial charge in [-0.2, -0.15) is 0 Å². The summed E-state index contributed by atoms with van der Waals surface area (Å²) in [4.78, 5) is 25.3. The summed E-state index contributed by atoms with van der Waals surface area (Å²) < 4.78 is 0. The molecule has 1 heterocycles. The Morgan fingerprint density at radius 2 is 2.00 bits per heavy atom. The highest BCUT2D eigenvalue weighted by Gasteiger charge is 2.17. The largest absolute Gasteiger partial charge is 0.478 e. The van der Waals surface area contributed by atoms with Crippen LogP contribution in [0.3, 0.4) is 0 Å². The molecule has 0 fully saturated rings. The molecular weight excluding hydrogens is 274 g/mol. The molecule has 0 saturated carbocycles. The molecule has 0 aliphatic rings. The van der Waals surface area contributed by atoms with Crippen molar-refractivity contribution >= 4 is 17.3 Å². The van der Waals surface area contributed by atoms with E-state index in [1.54, 1.807) is 12.4 Å². The Hall–Kier alpha value is -2.96. The number of carbonyl (C=O) groups is 1. The third kappa shape index (κ3) is 3.33. The normalized spacial score (nSPS) is 11.7. The van der Waals surface area contributed by atoms with Crippen LogP contribution in [-0.4, -0.2) is 21.0 Å². The second-order valence-corrected chi connectivity index (χ2v) is 4.44. The lowest BCUT2D eigenvalue weighted by molar-refractivity contribution is -0.384. The van der Waals surface area contributed by atoms with Gasteiger partial charge < -0.3 is 10.4 Å². The maximum Gasteiger partial charge on any atom is 0.338 e. The number of nitrogens with zero attached hydrogens (tertiary/aromatic N) is 2. The monoisotopic (exact) mass is 287 g/mol. The maximum atomic E-state index is 11.2. The first kappa shape index (κ1) is 14.4. The smallest absolute Gasteiger partial charge is 0.338 e. The average molecular weight is 287 g/mol. The van der Waals surface area contributed by atoms with Crippen LogP contribution >= 0.6 is 0 Å². The number of hydrogen-bond acceptors (Lipinski definition) is 5. The summed E-state index contributed by atoms with van der Waals surface area (Å²) in [6.07, 6.45) is 3.28. The lowest BCUT2D eigenvalue weighted by Gasteiger charge is -2.17. The molecule has 0 amide bonds. The highest BCUT2D eigenvalue weighted by Crippen LogP contribution is 2.26. The summed E-state index contributed by atoms with van der Waals surface area (Å²) in [6.45, 7) is 1.86. The van der Waals surface area contributed by atoms with Crippen molar-refractivity contribution < 1.29 is 14.8 Å². The van der Waals surface area contributed by atoms with Crippen LogP contribution in [0.2, 0.25) is 0 Å². The third-order valence-electron chi connectivity index (χ3n) is 3.02. The molecule has 1 aromatic heterocycles. The van der Waals surface area contributed by atoms with Crippen LogP contribution < -0.4 is 5.32 Å². The van der Waals surface area contributed by atoms with Gasteiger partial charge in [-0.1, -0.05) is 0 Å². The maximum absolute atomic E-state index is 11.2. The van der Waals surface area contributed by atoms with Gasteiger partial charge in [0.25, 0.3) is 5.69 Å². The van der Waals surface area contributed by atoms with Gasteiger partial charge in [-0.25, -0.2) is 4.79 Å². The number of aromatic nitrogens is 1. The zero-order chi connectivity index (χ0) is 15.4. The summed E-state index contributed by atoms with van der Waals surface area (Å²) in [5, 5.41) is 22.9. The first-order chi connectivity index (χ1) is 9.99. The van der Waals surface area contributed by atoms with Crippen molar-refractivity contribution in [1.82, 2.24) is 4.98 Å². The molecule has 1 aromatic carbocycles. The topological polar surface area (TPSA) is 105 Å². The van der Waals surface area contributed by atoms with Crippen LogP contribution in [-0.2, 0) is 0 Å². The molecule has 0 aliphatic heterocycles. The van der Waals surface area contributed by atoms with E-state index in [4.69, 9.17) is 0 Å². The van der Waals surface area contributed by atoms with E-state index in [0.29, 0.717) is 5.69 Å². The van der Waals surface area contributed by atoms with E-state index < -0.39 is 10.9 Å². The second-order valence-electron chi connectivity index (χ2n) is 4.44. The molecule has 2 N–H and O–H groups in total. The van der Waals surface area contributed by atoms with Gasteiger partial charge in [-0.3, -0.25) is 15.1 Å². The number of non-ortho nitro benzene ring substituents is 1. The van der Waals surface area contributed by atoms with Crippen molar-refractivity contribution in [2.24, 2.45) is 0 Å². The Bertz CT molecular complexity index is 673. The van der Waals surface area contributed by atoms with Crippen molar-refractivity contribution in [3.63, 3.8) is 0 Å². The van der Waals surface area contributed by atoms with Gasteiger partial charge in [0.2, 0.25) is 0 Å². The summed E-state index contributed by atoms with van der Waals surface area (Å²) in [5.41, 5.74) is 0.872. The fourth-order valence-corrected chi connectivity index (χ4v) is 1.92. The minimum atomic E-state index is -1.22. The minimum absolute atomic E-state index is 0.134. The number of hydrogen-bond donors (Lipinski definition) is 2. The van der Waals surface area contributed by atoms with Crippen LogP contribution in [0.5, 0.6) is 0 Å². The molecule has 0 spiro atoms. The SMILES string of the molecule is CC(Nc1ccc([N+](=O)[O-])cc1C(=O)O)c1ccncc1. The van der Waals surface area contributed by atoms with Crippen LogP contribution in [0.15, 0.2) is 42.7 Å². The van der Waals surface area contributed by atoms with Crippen molar-refractivity contribution in [3.05, 3.63) is 64.0 Å². The molecule has 7 nitrogen and oxygen atoms in total. The van der Waals surface area contributed by atoms with E-state index in [1.807, 2.05) is 19.1 Å². The standard InChI is InChI=1S/C14H13N3O4/c1-9(10-4-6-15-7-5-10)16-13-3-2-11(17(20)21)8-12(13)14(18)19/h2-9,16H,1H3,(H,18,19). The Kier molecular flexibility index (Phi) is 4.13. The number of carboxylic acids is 1. The first-order valence-electron chi connectivity index (χ1n) is 6.17. The molecule has 0 bridgehead atoms. The lowest BCUT2D eigenvalue weighted by Crippen LogP contribution is -2.11. The first-order valence-corrected chi connectivity index (χ1v) is 6.17. The molecule has 1 unspecified atom stereocenters. The summed E-state index contributed by atoms with van der Waals surface area (Å²) >= 11 is 0. The number of aromatic carboxylic acids is 1. The summed E-state index contributed by atoms with van der Waals surface area (Å²) in [5.74, 6) is -1.22. The molecular formula is C14H13N3O4. The average Bonchev–Trinajstić information content (AvgIpc) is 2.48. The Balaban J connectivity index is 2.31. The molecule has 2 rings (SSSR count). The van der Waals surface area contributed by atoms with Crippen molar-refractivity contribution in [2.45, 2.75) is 13.0 Å². The summed E-state index contributed by atoms with van der Waals surface area (Å²) in [7, 11) is 0. The number of anilines is 1. The van der Waals surface area contributed by atoms with Gasteiger partial charge in [0.05, 0.1) is 10.5 Å². The Labute approximate surface area is 120 Å². The van der Waals surface area contributed by atoms with Gasteiger partial charge >= 0.3 is 5.97 Å². The molecule has 2 aromatic rings. The number of nitro benzene ring substituents is 1. The molecule has 0 aliphatic carbocycles. The highest BCUT2D eigenvalue weighted by atomic mass is 16.6. The van der Waals surface area contributed by atoms with Crippen LogP contribution in [0.4, 0.5) is 11.4 Å². The zero-order valence-corrected chi connectivity index (χ0v) is 11.2. The summed E-state index contributed by atoms with van der Waals surface area (Å²) in [6, 6.07) is 7.18. The van der Waals surface area contributed by atoms with Crippen molar-refractivity contribution in [2.75, 3.05) is 5.32 Å². The van der Waals surface area contributed by atoms with E-state index in [9.17, 15) is 20.0 Å². The number of nitrogens with one attached hydrogen (secondary N) is 1. The van der Waals surface area contributed by atoms with Crippen LogP contribution in [0.25, 0.3) is 0 Å². The lowest BCUT2D eigenvalue weighted by atomic mass is 10.1. The fraction of sp³-hybridized carbons (Fsp3) is 0.143. The van der Waals surface area contributed by atoms with E-state index in [2.05, 4.69) is 10.3 Å². The zero-order valence-electron chi connectivity index (χ0n) is 11.2. The van der Waals surface area contributed by atoms with E-state index >= 15 is 0 Å². The molecule has 0 saturated heterocycles. The highest BCUT2D eigenvalue weighted by molar-refractivity contribution is 5.95. The second kappa shape index (κ2) is 6.00. The van der Waals surface area contributed by atoms with Crippen molar-refractivity contribution in [1.29, 1.82) is 0 Å². The number of pyridine rings is 1. The van der Waals surface area contributed by atoms with Crippen LogP contribution in [0, 0.1) is 10.1 Å². The van der Waals surface area contributed by atoms with Crippen molar-refractivity contribution in [3.8, 4) is 0 Å². The molecule has 108 valence electrons. The molecule has 0 radical (unpaired) electrons. The van der Waals surface area contributed by atoms with Gasteiger partial charge in [0.1, 0.15) is 0 Å². The number of carboxylic acid groups (broad SMARTS) is 1. The van der Waals surface area contributed by atoms with E-state index in [-0.39, 0.29) is 17.3 Å². The predicted molar refractivity (Wildman–Crippen MR) is 76.3 cm³/mol. The minimum Gasteiger partial charge on any atom is -0.478 e. The van der Waals surface area contributed by atoms with Crippen LogP contribution in [0.1, 0.15) is 28.9 Å². The molecule has 21 heavy (non-hydrogen) atoms. The third-order valence-corrected chi connectivity index (χ3v) is 3.02. The fourth-order valence-electron chi connectivity index (χ4n) is 1.92. The number of nitro groups is 1. The van der Waals surface area contributed by atoms with E-state index in [0.717, 1.165) is 11.6 Å². The van der Waals surface area contributed by atoms with Gasteiger partial charge in [-0.15, -0.1) is 0 Å². The van der Waals surface area contributed by atoms with E-state index in [1.165, 1.54) is 12.1 Å². The predicted octanol–water partition coefficient (Wildman–Crippen LogP) is 2.86. The Morgan fingerprint density at radius 1 is 1.33 bits per heavy atom.